The van der Waals surface area contributed by atoms with Gasteiger partial charge in [-0.15, -0.1) is 0 Å². The van der Waals surface area contributed by atoms with Crippen LogP contribution in [-0.4, -0.2) is 27.0 Å². The summed E-state index contributed by atoms with van der Waals surface area (Å²) in [5.41, 5.74) is 4.58. The van der Waals surface area contributed by atoms with E-state index in [1.165, 1.54) is 5.56 Å². The lowest BCUT2D eigenvalue weighted by atomic mass is 10.1. The molecular formula is C24H24ClN3O2. The first kappa shape index (κ1) is 20.3. The molecule has 1 heterocycles. The lowest BCUT2D eigenvalue weighted by molar-refractivity contribution is 0.0921. The maximum absolute atomic E-state index is 10.6. The van der Waals surface area contributed by atoms with Gasteiger partial charge in [0.05, 0.1) is 24.1 Å². The minimum atomic E-state index is -0.756. The van der Waals surface area contributed by atoms with E-state index in [0.717, 1.165) is 16.6 Å². The highest BCUT2D eigenvalue weighted by atomic mass is 35.5. The molecule has 0 spiro atoms. The van der Waals surface area contributed by atoms with Crippen molar-refractivity contribution in [3.05, 3.63) is 94.6 Å². The molecule has 6 heteroatoms. The first-order valence-corrected chi connectivity index (χ1v) is 10.2. The Labute approximate surface area is 180 Å². The predicted molar refractivity (Wildman–Crippen MR) is 119 cm³/mol. The van der Waals surface area contributed by atoms with Crippen LogP contribution in [0.5, 0.6) is 5.75 Å². The van der Waals surface area contributed by atoms with Crippen LogP contribution in [0.25, 0.3) is 11.0 Å². The number of hydrogen-bond donors (Lipinski definition) is 2. The topological polar surface area (TPSA) is 63.2 Å². The van der Waals surface area contributed by atoms with Gasteiger partial charge in [0.2, 0.25) is 5.62 Å². The highest BCUT2D eigenvalue weighted by molar-refractivity contribution is 6.30. The number of aryl methyl sites for hydroxylation is 1. The molecule has 154 valence electrons. The maximum Gasteiger partial charge on any atom is 0.203 e. The number of nitrogens with one attached hydrogen (secondary N) is 1. The number of hydrogen-bond acceptors (Lipinski definition) is 3. The van der Waals surface area contributed by atoms with Crippen LogP contribution in [0, 0.1) is 12.3 Å². The van der Waals surface area contributed by atoms with Gasteiger partial charge in [-0.3, -0.25) is 5.41 Å². The summed E-state index contributed by atoms with van der Waals surface area (Å²) >= 11 is 5.89. The smallest absolute Gasteiger partial charge is 0.203 e. The Hall–Kier alpha value is -3.02. The number of benzene rings is 3. The van der Waals surface area contributed by atoms with Gasteiger partial charge < -0.3 is 19.0 Å². The Bertz CT molecular complexity index is 1190. The van der Waals surface area contributed by atoms with Crippen LogP contribution in [-0.2, 0) is 13.1 Å². The molecule has 0 bridgehead atoms. The van der Waals surface area contributed by atoms with Gasteiger partial charge >= 0.3 is 0 Å². The van der Waals surface area contributed by atoms with Crippen molar-refractivity contribution >= 4 is 22.6 Å². The van der Waals surface area contributed by atoms with E-state index in [2.05, 4.69) is 31.2 Å². The molecule has 0 amide bonds. The molecule has 30 heavy (non-hydrogen) atoms. The summed E-state index contributed by atoms with van der Waals surface area (Å²) in [6.07, 6.45) is -0.756. The normalized spacial score (nSPS) is 12.2. The fourth-order valence-electron chi connectivity index (χ4n) is 3.50. The van der Waals surface area contributed by atoms with Gasteiger partial charge in [-0.25, -0.2) is 0 Å². The Morgan fingerprint density at radius 2 is 1.57 bits per heavy atom. The van der Waals surface area contributed by atoms with E-state index >= 15 is 0 Å². The van der Waals surface area contributed by atoms with Crippen LogP contribution in [0.3, 0.4) is 0 Å². The third-order valence-corrected chi connectivity index (χ3v) is 5.34. The number of ether oxygens (including phenoxy) is 1. The van der Waals surface area contributed by atoms with Crippen molar-refractivity contribution in [1.29, 1.82) is 5.41 Å². The average molecular weight is 422 g/mol. The van der Waals surface area contributed by atoms with E-state index in [9.17, 15) is 5.11 Å². The van der Waals surface area contributed by atoms with Crippen LogP contribution in [0.2, 0.25) is 5.02 Å². The highest BCUT2D eigenvalue weighted by Gasteiger charge is 2.15. The van der Waals surface area contributed by atoms with Crippen LogP contribution in [0.4, 0.5) is 0 Å². The maximum atomic E-state index is 10.6. The van der Waals surface area contributed by atoms with E-state index < -0.39 is 6.10 Å². The van der Waals surface area contributed by atoms with E-state index in [4.69, 9.17) is 21.7 Å². The molecule has 3 aromatic carbocycles. The summed E-state index contributed by atoms with van der Waals surface area (Å²) in [5.74, 6) is 0.649. The SMILES string of the molecule is Cc1ccc(Cn2c(=N)n(C[C@H](O)COc3ccc(Cl)cc3)c3ccccc32)cc1. The molecule has 0 aliphatic heterocycles. The van der Waals surface area contributed by atoms with Gasteiger partial charge in [-0.2, -0.15) is 0 Å². The van der Waals surface area contributed by atoms with Crippen molar-refractivity contribution in [3.8, 4) is 5.75 Å². The van der Waals surface area contributed by atoms with Crippen LogP contribution in [0.1, 0.15) is 11.1 Å². The quantitative estimate of drug-likeness (QED) is 0.465. The van der Waals surface area contributed by atoms with Crippen LogP contribution in [0.15, 0.2) is 72.8 Å². The van der Waals surface area contributed by atoms with Gasteiger partial charge in [-0.05, 0) is 48.9 Å². The standard InChI is InChI=1S/C24H24ClN3O2/c1-17-6-8-18(9-7-17)14-27-22-4-2-3-5-23(22)28(24(27)26)15-20(29)16-30-21-12-10-19(25)11-13-21/h2-13,20,26,29H,14-16H2,1H3/t20-/m0/s1. The van der Waals surface area contributed by atoms with E-state index in [0.29, 0.717) is 22.9 Å². The van der Waals surface area contributed by atoms with Crippen molar-refractivity contribution < 1.29 is 9.84 Å². The van der Waals surface area contributed by atoms with Crippen LogP contribution < -0.4 is 10.4 Å². The van der Waals surface area contributed by atoms with Crippen LogP contribution >= 0.6 is 11.6 Å². The van der Waals surface area contributed by atoms with Gasteiger partial charge in [0.15, 0.2) is 0 Å². The summed E-state index contributed by atoms with van der Waals surface area (Å²) in [6, 6.07) is 23.3. The predicted octanol–water partition coefficient (Wildman–Crippen LogP) is 4.37. The molecule has 4 aromatic rings. The second kappa shape index (κ2) is 8.78. The minimum absolute atomic E-state index is 0.130. The minimum Gasteiger partial charge on any atom is -0.491 e. The number of aromatic nitrogens is 2. The van der Waals surface area contributed by atoms with Crippen molar-refractivity contribution in [3.63, 3.8) is 0 Å². The first-order chi connectivity index (χ1) is 14.5. The zero-order valence-corrected chi connectivity index (χ0v) is 17.5. The van der Waals surface area contributed by atoms with E-state index in [1.807, 2.05) is 33.4 Å². The number of rotatable bonds is 7. The van der Waals surface area contributed by atoms with Crippen molar-refractivity contribution in [2.75, 3.05) is 6.61 Å². The number of aliphatic hydroxyl groups is 1. The summed E-state index contributed by atoms with van der Waals surface area (Å²) in [5, 5.41) is 19.9. The first-order valence-electron chi connectivity index (χ1n) is 9.86. The Kier molecular flexibility index (Phi) is 5.93. The molecule has 1 atom stereocenters. The molecule has 0 saturated carbocycles. The highest BCUT2D eigenvalue weighted by Crippen LogP contribution is 2.17. The Morgan fingerprint density at radius 3 is 2.23 bits per heavy atom. The fraction of sp³-hybridized carbons (Fsp3) is 0.208. The molecule has 2 N–H and O–H groups in total. The molecule has 0 unspecified atom stereocenters. The van der Waals surface area contributed by atoms with Gasteiger partial charge in [0.1, 0.15) is 18.5 Å². The molecule has 4 rings (SSSR count). The molecule has 5 nitrogen and oxygen atoms in total. The number of aliphatic hydroxyl groups excluding tert-OH is 1. The lowest BCUT2D eigenvalue weighted by Crippen LogP contribution is -2.31. The molecule has 0 aliphatic rings. The summed E-state index contributed by atoms with van der Waals surface area (Å²) in [7, 11) is 0. The second-order valence-electron chi connectivity index (χ2n) is 7.41. The number of imidazole rings is 1. The zero-order valence-electron chi connectivity index (χ0n) is 16.8. The van der Waals surface area contributed by atoms with Crippen molar-refractivity contribution in [2.24, 2.45) is 0 Å². The zero-order chi connectivity index (χ0) is 21.1. The number of para-hydroxylation sites is 2. The molecular weight excluding hydrogens is 398 g/mol. The van der Waals surface area contributed by atoms with Crippen molar-refractivity contribution in [2.45, 2.75) is 26.1 Å². The number of halogens is 1. The Balaban J connectivity index is 1.56. The van der Waals surface area contributed by atoms with Gasteiger partial charge in [-0.1, -0.05) is 53.6 Å². The largest absolute Gasteiger partial charge is 0.491 e. The summed E-state index contributed by atoms with van der Waals surface area (Å²) in [4.78, 5) is 0. The lowest BCUT2D eigenvalue weighted by Gasteiger charge is -2.14. The molecule has 1 aromatic heterocycles. The second-order valence-corrected chi connectivity index (χ2v) is 7.85. The fourth-order valence-corrected chi connectivity index (χ4v) is 3.63. The van der Waals surface area contributed by atoms with E-state index in [1.54, 1.807) is 24.3 Å². The molecule has 0 saturated heterocycles. The third-order valence-electron chi connectivity index (χ3n) is 5.09. The number of fused-ring (bicyclic) bond motifs is 1. The summed E-state index contributed by atoms with van der Waals surface area (Å²) < 4.78 is 9.47. The third kappa shape index (κ3) is 4.42. The Morgan fingerprint density at radius 1 is 0.933 bits per heavy atom. The summed E-state index contributed by atoms with van der Waals surface area (Å²) in [6.45, 7) is 3.07. The van der Waals surface area contributed by atoms with Gasteiger partial charge in [0, 0.05) is 5.02 Å². The number of nitrogens with zero attached hydrogens (tertiary/aromatic N) is 2. The van der Waals surface area contributed by atoms with E-state index in [-0.39, 0.29) is 13.2 Å². The molecule has 0 aliphatic carbocycles. The molecule has 0 fully saturated rings. The van der Waals surface area contributed by atoms with Crippen molar-refractivity contribution in [1.82, 2.24) is 9.13 Å². The monoisotopic (exact) mass is 421 g/mol. The molecule has 0 radical (unpaired) electrons. The van der Waals surface area contributed by atoms with Gasteiger partial charge in [0.25, 0.3) is 0 Å². The average Bonchev–Trinajstić information content (AvgIpc) is 3.01.